The van der Waals surface area contributed by atoms with E-state index in [9.17, 15) is 14.3 Å². The first-order valence-corrected chi connectivity index (χ1v) is 23.0. The summed E-state index contributed by atoms with van der Waals surface area (Å²) in [4.78, 5) is 24.9. The number of rotatable bonds is 40. The van der Waals surface area contributed by atoms with Crippen molar-refractivity contribution in [3.63, 3.8) is 0 Å². The Balaban J connectivity index is 4.14. The Labute approximate surface area is 322 Å². The van der Waals surface area contributed by atoms with E-state index < -0.39 is 13.9 Å². The fourth-order valence-corrected chi connectivity index (χ4v) is 6.57. The molecule has 0 bridgehead atoms. The minimum atomic E-state index is -4.52. The molecule has 308 valence electrons. The summed E-state index contributed by atoms with van der Waals surface area (Å²) < 4.78 is 34.5. The van der Waals surface area contributed by atoms with Crippen LogP contribution in [0.25, 0.3) is 0 Å². The molecule has 0 saturated carbocycles. The number of carbonyl (C=O) groups is 1. The first-order valence-electron chi connectivity index (χ1n) is 21.6. The second-order valence-electron chi connectivity index (χ2n) is 15.7. The third kappa shape index (κ3) is 40.2. The molecule has 52 heavy (non-hydrogen) atoms. The van der Waals surface area contributed by atoms with Crippen molar-refractivity contribution < 1.29 is 37.3 Å². The predicted octanol–water partition coefficient (Wildman–Crippen LogP) is 11.8. The van der Waals surface area contributed by atoms with Crippen LogP contribution >= 0.6 is 7.82 Å². The van der Waals surface area contributed by atoms with Crippen molar-refractivity contribution in [3.05, 3.63) is 24.3 Å². The number of phosphoric acid groups is 1. The summed E-state index contributed by atoms with van der Waals surface area (Å²) in [5, 5.41) is 0. The standard InChI is InChI=1S/C43H84NO7P/c1-6-8-10-12-14-16-18-19-20-21-22-23-24-25-26-27-29-31-33-35-38-48-40-42(41-50-52(46,47)49-39-37-44(3,4)5)51-43(45)36-34-32-30-28-17-15-13-11-9-7-2/h11,13,19-20,42H,6-10,12,14-18,21-41H2,1-5H3/b13-11-,20-19-. The quantitative estimate of drug-likeness (QED) is 0.0202. The molecule has 9 heteroatoms. The van der Waals surface area contributed by atoms with Gasteiger partial charge in [-0.3, -0.25) is 9.36 Å². The van der Waals surface area contributed by atoms with Crippen LogP contribution in [0, 0.1) is 0 Å². The van der Waals surface area contributed by atoms with E-state index in [1.807, 2.05) is 21.1 Å². The number of ether oxygens (including phenoxy) is 2. The van der Waals surface area contributed by atoms with Crippen LogP contribution in [0.1, 0.15) is 187 Å². The Hall–Kier alpha value is -1.02. The maximum atomic E-state index is 12.6. The highest BCUT2D eigenvalue weighted by molar-refractivity contribution is 7.45. The number of quaternary nitrogens is 1. The number of allylic oxidation sites excluding steroid dienone is 4. The van der Waals surface area contributed by atoms with Crippen molar-refractivity contribution in [3.8, 4) is 0 Å². The van der Waals surface area contributed by atoms with E-state index in [2.05, 4.69) is 38.2 Å². The largest absolute Gasteiger partial charge is 0.756 e. The van der Waals surface area contributed by atoms with Gasteiger partial charge in [0.05, 0.1) is 34.4 Å². The second kappa shape index (κ2) is 36.9. The Bertz CT molecular complexity index is 889. The van der Waals surface area contributed by atoms with Crippen LogP contribution in [0.15, 0.2) is 24.3 Å². The van der Waals surface area contributed by atoms with Crippen LogP contribution in [-0.4, -0.2) is 70.7 Å². The van der Waals surface area contributed by atoms with Crippen molar-refractivity contribution in [2.24, 2.45) is 0 Å². The summed E-state index contributed by atoms with van der Waals surface area (Å²) in [5.74, 6) is -0.345. The van der Waals surface area contributed by atoms with Gasteiger partial charge in [-0.15, -0.1) is 0 Å². The van der Waals surface area contributed by atoms with E-state index in [4.69, 9.17) is 18.5 Å². The van der Waals surface area contributed by atoms with E-state index >= 15 is 0 Å². The fourth-order valence-electron chi connectivity index (χ4n) is 5.84. The van der Waals surface area contributed by atoms with Crippen LogP contribution in [0.3, 0.4) is 0 Å². The molecule has 0 saturated heterocycles. The number of hydrogen-bond donors (Lipinski definition) is 0. The van der Waals surface area contributed by atoms with Crippen LogP contribution in [-0.2, 0) is 27.9 Å². The third-order valence-electron chi connectivity index (χ3n) is 9.21. The zero-order valence-electron chi connectivity index (χ0n) is 34.8. The highest BCUT2D eigenvalue weighted by Crippen LogP contribution is 2.38. The normalized spacial score (nSPS) is 14.0. The summed E-state index contributed by atoms with van der Waals surface area (Å²) in [6.45, 7) is 5.34. The van der Waals surface area contributed by atoms with Crippen LogP contribution in [0.5, 0.6) is 0 Å². The first-order chi connectivity index (χ1) is 25.1. The minimum Gasteiger partial charge on any atom is -0.756 e. The summed E-state index contributed by atoms with van der Waals surface area (Å²) in [7, 11) is 1.35. The van der Waals surface area contributed by atoms with Gasteiger partial charge in [-0.2, -0.15) is 0 Å². The van der Waals surface area contributed by atoms with E-state index in [-0.39, 0.29) is 25.8 Å². The molecule has 0 aliphatic rings. The van der Waals surface area contributed by atoms with Crippen molar-refractivity contribution >= 4 is 13.8 Å². The maximum absolute atomic E-state index is 12.6. The average molecular weight is 758 g/mol. The third-order valence-corrected chi connectivity index (χ3v) is 10.2. The van der Waals surface area contributed by atoms with E-state index in [0.717, 1.165) is 51.4 Å². The molecule has 2 atom stereocenters. The number of esters is 1. The zero-order chi connectivity index (χ0) is 38.4. The predicted molar refractivity (Wildman–Crippen MR) is 217 cm³/mol. The zero-order valence-corrected chi connectivity index (χ0v) is 35.7. The molecule has 0 aromatic heterocycles. The van der Waals surface area contributed by atoms with Gasteiger partial charge in [-0.05, 0) is 57.8 Å². The summed E-state index contributed by atoms with van der Waals surface area (Å²) in [5.41, 5.74) is 0. The SMILES string of the molecule is CCC/C=C\CCCCCCCC(=O)OC(COCCCCCCCCCCCC/C=C\CCCCCCCC)COP(=O)([O-])OCC[N+](C)(C)C. The topological polar surface area (TPSA) is 94.1 Å². The van der Waals surface area contributed by atoms with Gasteiger partial charge in [0, 0.05) is 13.0 Å². The Morgan fingerprint density at radius 2 is 1.04 bits per heavy atom. The first kappa shape index (κ1) is 51.0. The second-order valence-corrected chi connectivity index (χ2v) is 17.1. The molecule has 0 spiro atoms. The van der Waals surface area contributed by atoms with Gasteiger partial charge in [-0.1, -0.05) is 147 Å². The molecule has 0 N–H and O–H groups in total. The van der Waals surface area contributed by atoms with E-state index in [1.165, 1.54) is 116 Å². The van der Waals surface area contributed by atoms with Crippen molar-refractivity contribution in [1.29, 1.82) is 0 Å². The number of likely N-dealkylation sites (N-methyl/N-ethyl adjacent to an activating group) is 1. The molecule has 0 fully saturated rings. The van der Waals surface area contributed by atoms with Gasteiger partial charge in [0.25, 0.3) is 7.82 Å². The monoisotopic (exact) mass is 758 g/mol. The number of carbonyl (C=O) groups excluding carboxylic acids is 1. The maximum Gasteiger partial charge on any atom is 0.306 e. The van der Waals surface area contributed by atoms with Gasteiger partial charge in [0.1, 0.15) is 19.3 Å². The van der Waals surface area contributed by atoms with Gasteiger partial charge < -0.3 is 27.9 Å². The van der Waals surface area contributed by atoms with E-state index in [1.54, 1.807) is 0 Å². The molecule has 0 aliphatic carbocycles. The molecular weight excluding hydrogens is 673 g/mol. The molecule has 0 rings (SSSR count). The lowest BCUT2D eigenvalue weighted by molar-refractivity contribution is -0.870. The molecule has 0 aliphatic heterocycles. The van der Waals surface area contributed by atoms with Gasteiger partial charge in [0.15, 0.2) is 0 Å². The van der Waals surface area contributed by atoms with E-state index in [0.29, 0.717) is 24.1 Å². The Kier molecular flexibility index (Phi) is 36.2. The molecule has 0 aromatic rings. The molecule has 2 unspecified atom stereocenters. The summed E-state index contributed by atoms with van der Waals surface area (Å²) >= 11 is 0. The minimum absolute atomic E-state index is 0.0253. The van der Waals surface area contributed by atoms with Crippen molar-refractivity contribution in [2.45, 2.75) is 193 Å². The lowest BCUT2D eigenvalue weighted by Gasteiger charge is -2.28. The highest BCUT2D eigenvalue weighted by Gasteiger charge is 2.20. The highest BCUT2D eigenvalue weighted by atomic mass is 31.2. The lowest BCUT2D eigenvalue weighted by atomic mass is 10.1. The molecular formula is C43H84NO7P. The van der Waals surface area contributed by atoms with Crippen molar-refractivity contribution in [1.82, 2.24) is 0 Å². The molecule has 8 nitrogen and oxygen atoms in total. The van der Waals surface area contributed by atoms with Gasteiger partial charge in [-0.25, -0.2) is 0 Å². The molecule has 0 radical (unpaired) electrons. The van der Waals surface area contributed by atoms with Crippen LogP contribution in [0.2, 0.25) is 0 Å². The van der Waals surface area contributed by atoms with Crippen molar-refractivity contribution in [2.75, 3.05) is 54.1 Å². The Morgan fingerprint density at radius 3 is 1.54 bits per heavy atom. The van der Waals surface area contributed by atoms with Gasteiger partial charge >= 0.3 is 5.97 Å². The molecule has 0 aromatic carbocycles. The lowest BCUT2D eigenvalue weighted by Crippen LogP contribution is -2.37. The number of unbranched alkanes of at least 4 members (excludes halogenated alkanes) is 22. The number of hydrogen-bond acceptors (Lipinski definition) is 7. The van der Waals surface area contributed by atoms with Gasteiger partial charge in [0.2, 0.25) is 0 Å². The van der Waals surface area contributed by atoms with Crippen LogP contribution in [0.4, 0.5) is 0 Å². The number of phosphoric ester groups is 1. The average Bonchev–Trinajstić information content (AvgIpc) is 3.09. The fraction of sp³-hybridized carbons (Fsp3) is 0.884. The summed E-state index contributed by atoms with van der Waals surface area (Å²) in [6, 6.07) is 0. The molecule has 0 heterocycles. The molecule has 0 amide bonds. The smallest absolute Gasteiger partial charge is 0.306 e. The Morgan fingerprint density at radius 1 is 0.577 bits per heavy atom. The summed E-state index contributed by atoms with van der Waals surface area (Å²) in [6.07, 6.45) is 40.5. The van der Waals surface area contributed by atoms with Crippen LogP contribution < -0.4 is 4.89 Å². The number of nitrogens with zero attached hydrogens (tertiary/aromatic N) is 1.